The van der Waals surface area contributed by atoms with Gasteiger partial charge in [-0.1, -0.05) is 18.7 Å². The zero-order valence-electron chi connectivity index (χ0n) is 6.94. The van der Waals surface area contributed by atoms with Crippen molar-refractivity contribution in [3.8, 4) is 6.07 Å². The molecule has 0 spiro atoms. The number of aryl methyl sites for hydroxylation is 1. The Hall–Kier alpha value is -0.600. The lowest BCUT2D eigenvalue weighted by Gasteiger charge is -1.94. The summed E-state index contributed by atoms with van der Waals surface area (Å²) in [7, 11) is 0. The van der Waals surface area contributed by atoms with Crippen LogP contribution in [0.25, 0.3) is 0 Å². The molecule has 0 aliphatic rings. The third-order valence-electron chi connectivity index (χ3n) is 1.23. The first kappa shape index (κ1) is 9.49. The number of aromatic nitrogens is 2. The molecule has 12 heavy (non-hydrogen) atoms. The van der Waals surface area contributed by atoms with Gasteiger partial charge in [0.2, 0.25) is 0 Å². The van der Waals surface area contributed by atoms with Crippen LogP contribution >= 0.6 is 23.3 Å². The van der Waals surface area contributed by atoms with E-state index in [1.807, 2.05) is 13.8 Å². The van der Waals surface area contributed by atoms with Crippen molar-refractivity contribution >= 4 is 23.3 Å². The highest BCUT2D eigenvalue weighted by molar-refractivity contribution is 8.01. The fourth-order valence-electron chi connectivity index (χ4n) is 0.607. The second-order valence-corrected chi connectivity index (χ2v) is 4.56. The molecule has 0 aromatic carbocycles. The van der Waals surface area contributed by atoms with E-state index in [9.17, 15) is 0 Å². The molecule has 1 heterocycles. The topological polar surface area (TPSA) is 49.6 Å². The summed E-state index contributed by atoms with van der Waals surface area (Å²) in [6.45, 7) is 3.88. The smallest absolute Gasteiger partial charge is 0.171 e. The third-order valence-corrected chi connectivity index (χ3v) is 3.04. The Balaban J connectivity index is 2.59. The number of hydrogen-bond acceptors (Lipinski definition) is 5. The number of nitrogens with zero attached hydrogens (tertiary/aromatic N) is 3. The van der Waals surface area contributed by atoms with Crippen molar-refractivity contribution in [3.05, 3.63) is 5.82 Å². The van der Waals surface area contributed by atoms with E-state index >= 15 is 0 Å². The molecule has 0 aliphatic carbocycles. The summed E-state index contributed by atoms with van der Waals surface area (Å²) in [4.78, 5) is 4.24. The minimum atomic E-state index is -0.0392. The normalized spacial score (nSPS) is 12.4. The standard InChI is InChI=1S/C7H9N3S2/c1-3-6-9-7(12-10-6)11-5(2)4-8/h5H,3H2,1-2H3. The van der Waals surface area contributed by atoms with Crippen LogP contribution in [0.5, 0.6) is 0 Å². The van der Waals surface area contributed by atoms with Gasteiger partial charge in [-0.25, -0.2) is 4.98 Å². The second kappa shape index (κ2) is 4.43. The quantitative estimate of drug-likeness (QED) is 0.699. The Morgan fingerprint density at radius 1 is 1.75 bits per heavy atom. The van der Waals surface area contributed by atoms with Crippen LogP contribution in [0, 0.1) is 11.3 Å². The van der Waals surface area contributed by atoms with E-state index in [2.05, 4.69) is 15.4 Å². The molecule has 0 saturated heterocycles. The van der Waals surface area contributed by atoms with Gasteiger partial charge in [-0.2, -0.15) is 9.64 Å². The SMILES string of the molecule is CCc1nsc(SC(C)C#N)n1. The van der Waals surface area contributed by atoms with Gasteiger partial charge in [0.1, 0.15) is 5.82 Å². The highest BCUT2D eigenvalue weighted by atomic mass is 32.2. The van der Waals surface area contributed by atoms with Gasteiger partial charge in [-0.3, -0.25) is 0 Å². The first-order valence-electron chi connectivity index (χ1n) is 3.65. The van der Waals surface area contributed by atoms with Gasteiger partial charge in [0.25, 0.3) is 0 Å². The van der Waals surface area contributed by atoms with Gasteiger partial charge in [-0.15, -0.1) is 0 Å². The largest absolute Gasteiger partial charge is 0.213 e. The maximum Gasteiger partial charge on any atom is 0.171 e. The molecule has 0 amide bonds. The van der Waals surface area contributed by atoms with Crippen molar-refractivity contribution in [1.82, 2.24) is 9.36 Å². The number of nitriles is 1. The van der Waals surface area contributed by atoms with E-state index in [4.69, 9.17) is 5.26 Å². The summed E-state index contributed by atoms with van der Waals surface area (Å²) in [5.41, 5.74) is 0. The summed E-state index contributed by atoms with van der Waals surface area (Å²) in [6.07, 6.45) is 0.859. The molecule has 1 aromatic heterocycles. The molecule has 3 nitrogen and oxygen atoms in total. The van der Waals surface area contributed by atoms with Crippen molar-refractivity contribution in [2.24, 2.45) is 0 Å². The minimum absolute atomic E-state index is 0.0392. The number of thioether (sulfide) groups is 1. The van der Waals surface area contributed by atoms with Crippen molar-refractivity contribution in [1.29, 1.82) is 5.26 Å². The van der Waals surface area contributed by atoms with Gasteiger partial charge < -0.3 is 0 Å². The van der Waals surface area contributed by atoms with Gasteiger partial charge in [0.05, 0.1) is 11.3 Å². The van der Waals surface area contributed by atoms with Crippen LogP contribution in [0.3, 0.4) is 0 Å². The summed E-state index contributed by atoms with van der Waals surface area (Å²) in [5.74, 6) is 0.868. The van der Waals surface area contributed by atoms with E-state index in [0.717, 1.165) is 16.6 Å². The summed E-state index contributed by atoms with van der Waals surface area (Å²) in [5, 5.41) is 8.51. The molecule has 1 unspecified atom stereocenters. The van der Waals surface area contributed by atoms with Gasteiger partial charge in [0, 0.05) is 6.42 Å². The molecule has 1 rings (SSSR count). The predicted octanol–water partition coefficient (Wildman–Crippen LogP) is 2.10. The van der Waals surface area contributed by atoms with Gasteiger partial charge in [-0.05, 0) is 18.5 Å². The highest BCUT2D eigenvalue weighted by Crippen LogP contribution is 2.24. The van der Waals surface area contributed by atoms with E-state index in [1.165, 1.54) is 23.3 Å². The van der Waals surface area contributed by atoms with E-state index in [0.29, 0.717) is 0 Å². The van der Waals surface area contributed by atoms with Crippen LogP contribution in [0.1, 0.15) is 19.7 Å². The van der Waals surface area contributed by atoms with Crippen LogP contribution in [-0.4, -0.2) is 14.6 Å². The first-order chi connectivity index (χ1) is 5.76. The highest BCUT2D eigenvalue weighted by Gasteiger charge is 2.07. The lowest BCUT2D eigenvalue weighted by Crippen LogP contribution is -1.89. The Labute approximate surface area is 80.0 Å². The Bertz CT molecular complexity index is 289. The van der Waals surface area contributed by atoms with Gasteiger partial charge in [0.15, 0.2) is 4.34 Å². The molecular formula is C7H9N3S2. The molecule has 0 bridgehead atoms. The van der Waals surface area contributed by atoms with Crippen LogP contribution in [0.2, 0.25) is 0 Å². The summed E-state index contributed by atoms with van der Waals surface area (Å²) < 4.78 is 5.01. The molecule has 64 valence electrons. The lowest BCUT2D eigenvalue weighted by molar-refractivity contribution is 0.970. The van der Waals surface area contributed by atoms with Crippen molar-refractivity contribution in [2.45, 2.75) is 29.9 Å². The predicted molar refractivity (Wildman–Crippen MR) is 50.2 cm³/mol. The molecule has 1 aromatic rings. The van der Waals surface area contributed by atoms with E-state index in [1.54, 1.807) is 0 Å². The average molecular weight is 199 g/mol. The van der Waals surface area contributed by atoms with Crippen molar-refractivity contribution in [2.75, 3.05) is 0 Å². The zero-order chi connectivity index (χ0) is 8.97. The Morgan fingerprint density at radius 3 is 3.00 bits per heavy atom. The molecule has 0 N–H and O–H groups in total. The third kappa shape index (κ3) is 2.47. The Morgan fingerprint density at radius 2 is 2.50 bits per heavy atom. The van der Waals surface area contributed by atoms with Crippen molar-refractivity contribution in [3.63, 3.8) is 0 Å². The lowest BCUT2D eigenvalue weighted by atomic mass is 10.5. The van der Waals surface area contributed by atoms with Crippen LogP contribution in [0.15, 0.2) is 4.34 Å². The fourth-order valence-corrected chi connectivity index (χ4v) is 2.34. The summed E-state index contributed by atoms with van der Waals surface area (Å²) in [6, 6.07) is 2.14. The summed E-state index contributed by atoms with van der Waals surface area (Å²) >= 11 is 2.83. The molecule has 0 fully saturated rings. The van der Waals surface area contributed by atoms with Crippen LogP contribution in [0.4, 0.5) is 0 Å². The first-order valence-corrected chi connectivity index (χ1v) is 5.30. The maximum atomic E-state index is 8.55. The molecule has 1 atom stereocenters. The molecule has 0 aliphatic heterocycles. The fraction of sp³-hybridized carbons (Fsp3) is 0.571. The minimum Gasteiger partial charge on any atom is -0.213 e. The van der Waals surface area contributed by atoms with Crippen LogP contribution < -0.4 is 0 Å². The Kier molecular flexibility index (Phi) is 3.50. The van der Waals surface area contributed by atoms with Crippen molar-refractivity contribution < 1.29 is 0 Å². The molecule has 0 radical (unpaired) electrons. The number of rotatable bonds is 3. The average Bonchev–Trinajstić information content (AvgIpc) is 2.52. The maximum absolute atomic E-state index is 8.55. The van der Waals surface area contributed by atoms with Gasteiger partial charge >= 0.3 is 0 Å². The molecule has 0 saturated carbocycles. The van der Waals surface area contributed by atoms with E-state index < -0.39 is 0 Å². The number of hydrogen-bond donors (Lipinski definition) is 0. The zero-order valence-corrected chi connectivity index (χ0v) is 8.58. The van der Waals surface area contributed by atoms with Crippen LogP contribution in [-0.2, 0) is 6.42 Å². The molecular weight excluding hydrogens is 190 g/mol. The second-order valence-electron chi connectivity index (χ2n) is 2.22. The monoisotopic (exact) mass is 199 g/mol. The molecule has 5 heteroatoms. The van der Waals surface area contributed by atoms with E-state index in [-0.39, 0.29) is 5.25 Å².